The second kappa shape index (κ2) is 9.08. The molecule has 0 aliphatic carbocycles. The zero-order valence-electron chi connectivity index (χ0n) is 15.9. The monoisotopic (exact) mass is 429 g/mol. The summed E-state index contributed by atoms with van der Waals surface area (Å²) in [6.45, 7) is -0.335. The molecule has 0 bridgehead atoms. The van der Waals surface area contributed by atoms with Gasteiger partial charge in [0.2, 0.25) is 0 Å². The Kier molecular flexibility index (Phi) is 6.29. The topological polar surface area (TPSA) is 128 Å². The summed E-state index contributed by atoms with van der Waals surface area (Å²) in [5.74, 6) is -4.27. The molecule has 0 saturated heterocycles. The number of pyridine rings is 1. The fourth-order valence-electron chi connectivity index (χ4n) is 2.93. The van der Waals surface area contributed by atoms with Crippen molar-refractivity contribution in [1.82, 2.24) is 10.3 Å². The molecule has 4 N–H and O–H groups in total. The molecule has 3 aromatic rings. The minimum absolute atomic E-state index is 0.0593. The van der Waals surface area contributed by atoms with E-state index in [0.717, 1.165) is 18.3 Å². The number of hydrogen-bond acceptors (Lipinski definition) is 4. The van der Waals surface area contributed by atoms with Crippen LogP contribution >= 0.6 is 0 Å². The largest absolute Gasteiger partial charge is 0.871 e. The molecule has 0 unspecified atom stereocenters. The number of halogens is 2. The number of nitrogens with one attached hydrogen (secondary N) is 2. The van der Waals surface area contributed by atoms with Crippen molar-refractivity contribution in [3.05, 3.63) is 76.7 Å². The maximum Gasteiger partial charge on any atom is 0.517 e. The van der Waals surface area contributed by atoms with Gasteiger partial charge in [-0.25, -0.2) is 13.6 Å². The third-order valence-corrected chi connectivity index (χ3v) is 4.33. The molecule has 1 heterocycles. The lowest BCUT2D eigenvalue weighted by Crippen LogP contribution is -2.41. The average molecular weight is 429 g/mol. The Morgan fingerprint density at radius 3 is 2.42 bits per heavy atom. The number of urea groups is 1. The van der Waals surface area contributed by atoms with Crippen LogP contribution in [-0.2, 0) is 4.79 Å². The van der Waals surface area contributed by atoms with Gasteiger partial charge in [-0.05, 0) is 17.7 Å². The second-order valence-corrected chi connectivity index (χ2v) is 6.38. The first-order valence-corrected chi connectivity index (χ1v) is 9.05. The van der Waals surface area contributed by atoms with Gasteiger partial charge in [0.15, 0.2) is 5.82 Å². The number of aromatic amines is 1. The molecule has 8 nitrogen and oxygen atoms in total. The molecule has 10 heteroatoms. The van der Waals surface area contributed by atoms with E-state index >= 15 is 4.39 Å². The van der Waals surface area contributed by atoms with Gasteiger partial charge in [0.1, 0.15) is 23.6 Å². The molecule has 0 atom stereocenters. The lowest BCUT2D eigenvalue weighted by molar-refractivity contribution is -0.267. The van der Waals surface area contributed by atoms with Crippen LogP contribution in [0.25, 0.3) is 11.1 Å². The fraction of sp³-hybridized carbons (Fsp3) is 0.0952. The van der Waals surface area contributed by atoms with Crippen molar-refractivity contribution in [3.8, 4) is 16.9 Å². The van der Waals surface area contributed by atoms with E-state index in [-0.39, 0.29) is 18.5 Å². The van der Waals surface area contributed by atoms with Gasteiger partial charge in [-0.3, -0.25) is 9.69 Å². The second-order valence-electron chi connectivity index (χ2n) is 6.38. The lowest BCUT2D eigenvalue weighted by atomic mass is 10.0. The molecule has 0 saturated carbocycles. The van der Waals surface area contributed by atoms with Crippen molar-refractivity contribution in [3.63, 3.8) is 0 Å². The summed E-state index contributed by atoms with van der Waals surface area (Å²) in [4.78, 5) is 38.5. The van der Waals surface area contributed by atoms with E-state index in [0.29, 0.717) is 10.5 Å². The minimum Gasteiger partial charge on any atom is -0.871 e. The number of carbonyl (C=O) groups excluding carboxylic acids is 2. The number of aromatic nitrogens is 1. The van der Waals surface area contributed by atoms with Gasteiger partial charge >= 0.3 is 12.0 Å². The van der Waals surface area contributed by atoms with Gasteiger partial charge in [0.25, 0.3) is 5.56 Å². The molecule has 0 aliphatic heterocycles. The van der Waals surface area contributed by atoms with Gasteiger partial charge in [0, 0.05) is 23.1 Å². The Morgan fingerprint density at radius 2 is 1.77 bits per heavy atom. The van der Waals surface area contributed by atoms with E-state index < -0.39 is 46.3 Å². The normalized spacial score (nSPS) is 10.5. The van der Waals surface area contributed by atoms with E-state index in [1.807, 2.05) is 0 Å². The highest BCUT2D eigenvalue weighted by Crippen LogP contribution is 2.36. The predicted octanol–water partition coefficient (Wildman–Crippen LogP) is 1.88. The van der Waals surface area contributed by atoms with Gasteiger partial charge in [-0.1, -0.05) is 42.1 Å². The number of benzene rings is 2. The molecule has 1 aromatic heterocycles. The van der Waals surface area contributed by atoms with Crippen molar-refractivity contribution in [2.24, 2.45) is 0 Å². The van der Waals surface area contributed by atoms with Crippen LogP contribution in [0.15, 0.2) is 59.5 Å². The van der Waals surface area contributed by atoms with Crippen LogP contribution < -0.4 is 20.9 Å². The van der Waals surface area contributed by atoms with Gasteiger partial charge in [0.05, 0.1) is 0 Å². The smallest absolute Gasteiger partial charge is 0.517 e. The minimum atomic E-state index is -1.21. The molecular weight excluding hydrogens is 412 g/mol. The first-order valence-electron chi connectivity index (χ1n) is 9.05. The summed E-state index contributed by atoms with van der Waals surface area (Å²) in [7, 11) is 0. The quantitative estimate of drug-likeness (QED) is 0.580. The number of hydrogen-bond donors (Lipinski definition) is 2. The standard InChI is InChI=1S/C21H17F2N3O5/c22-14-7-6-13(12-4-2-1-3-5-12)17(23)18(14)26(21(31)25-11-9-16(28)29)19-15(27)8-10-24-20(19)30/h1-8,10H,9,11H2,(H,25,31)(H,28,29)(H2,24,27,30). The van der Waals surface area contributed by atoms with Gasteiger partial charge < -0.3 is 20.5 Å². The Hall–Kier alpha value is -4.21. The lowest BCUT2D eigenvalue weighted by Gasteiger charge is -2.27. The number of H-pyrrole nitrogens is 1. The molecule has 0 radical (unpaired) electrons. The molecule has 0 aliphatic rings. The van der Waals surface area contributed by atoms with Gasteiger partial charge in [-0.2, -0.15) is 0 Å². The fourth-order valence-corrected chi connectivity index (χ4v) is 2.93. The molecule has 0 fully saturated rings. The molecular formula is C21H17F2N3O5. The van der Waals surface area contributed by atoms with Crippen LogP contribution in [0.5, 0.6) is 5.75 Å². The summed E-state index contributed by atoms with van der Waals surface area (Å²) < 4.78 is 30.3. The molecule has 3 rings (SSSR count). The van der Waals surface area contributed by atoms with Crippen molar-refractivity contribution in [1.29, 1.82) is 0 Å². The van der Waals surface area contributed by atoms with Crippen LogP contribution in [0.4, 0.5) is 25.0 Å². The van der Waals surface area contributed by atoms with Crippen molar-refractivity contribution >= 4 is 23.4 Å². The van der Waals surface area contributed by atoms with E-state index in [1.54, 1.807) is 30.3 Å². The number of amides is 2. The molecule has 2 aromatic carbocycles. The Labute approximate surface area is 174 Å². The van der Waals surface area contributed by atoms with Crippen LogP contribution in [0.2, 0.25) is 0 Å². The SMILES string of the molecule is O=C([OH2+])CCNC(=O)N(c1c(F)ccc(-c2ccccc2)c1F)c1c([O-])cc[nH]c1=O. The van der Waals surface area contributed by atoms with Crippen molar-refractivity contribution < 1.29 is 28.6 Å². The molecule has 160 valence electrons. The summed E-state index contributed by atoms with van der Waals surface area (Å²) in [5, 5.41) is 21.4. The molecule has 2 amide bonds. The Balaban J connectivity index is 2.19. The van der Waals surface area contributed by atoms with E-state index in [9.17, 15) is 23.9 Å². The summed E-state index contributed by atoms with van der Waals surface area (Å²) in [6, 6.07) is 9.92. The van der Waals surface area contributed by atoms with E-state index in [4.69, 9.17) is 5.11 Å². The predicted molar refractivity (Wildman–Crippen MR) is 107 cm³/mol. The maximum atomic E-state index is 15.5. The first-order chi connectivity index (χ1) is 14.8. The summed E-state index contributed by atoms with van der Waals surface area (Å²) >= 11 is 0. The Morgan fingerprint density at radius 1 is 1.06 bits per heavy atom. The summed E-state index contributed by atoms with van der Waals surface area (Å²) in [6.07, 6.45) is 0.667. The number of rotatable bonds is 6. The maximum absolute atomic E-state index is 15.5. The third kappa shape index (κ3) is 4.53. The molecule has 0 spiro atoms. The van der Waals surface area contributed by atoms with E-state index in [1.165, 1.54) is 6.07 Å². The van der Waals surface area contributed by atoms with Crippen LogP contribution in [0.3, 0.4) is 0 Å². The first kappa shape index (κ1) is 21.5. The van der Waals surface area contributed by atoms with Crippen molar-refractivity contribution in [2.75, 3.05) is 11.4 Å². The summed E-state index contributed by atoms with van der Waals surface area (Å²) in [5.41, 5.74) is -2.46. The molecule has 31 heavy (non-hydrogen) atoms. The Bertz CT molecular complexity index is 1180. The zero-order valence-corrected chi connectivity index (χ0v) is 15.9. The van der Waals surface area contributed by atoms with Crippen LogP contribution in [0.1, 0.15) is 6.42 Å². The van der Waals surface area contributed by atoms with Crippen LogP contribution in [-0.4, -0.2) is 28.6 Å². The highest BCUT2D eigenvalue weighted by atomic mass is 19.1. The van der Waals surface area contributed by atoms with E-state index in [2.05, 4.69) is 10.3 Å². The average Bonchev–Trinajstić information content (AvgIpc) is 2.72. The number of carbonyl (C=O) groups is 2. The van der Waals surface area contributed by atoms with Crippen LogP contribution in [0, 0.1) is 11.6 Å². The highest BCUT2D eigenvalue weighted by Gasteiger charge is 2.29. The third-order valence-electron chi connectivity index (χ3n) is 4.33. The number of anilines is 2. The van der Waals surface area contributed by atoms with Crippen molar-refractivity contribution in [2.45, 2.75) is 6.42 Å². The highest BCUT2D eigenvalue weighted by molar-refractivity contribution is 6.01. The zero-order chi connectivity index (χ0) is 22.5. The number of nitrogens with zero attached hydrogens (tertiary/aromatic N) is 1. The van der Waals surface area contributed by atoms with Gasteiger partial charge in [-0.15, -0.1) is 0 Å².